The number of hydrogen-bond donors (Lipinski definition) is 4. The summed E-state index contributed by atoms with van der Waals surface area (Å²) in [4.78, 5) is 28.0. The zero-order valence-electron chi connectivity index (χ0n) is 45.5. The minimum absolute atomic E-state index is 0. The molecule has 0 unspecified atom stereocenters. The Morgan fingerprint density at radius 2 is 0.901 bits per heavy atom. The van der Waals surface area contributed by atoms with E-state index in [4.69, 9.17) is 33.9 Å². The summed E-state index contributed by atoms with van der Waals surface area (Å²) in [7, 11) is -6.28. The first-order valence-electron chi connectivity index (χ1n) is 27.4. The molecule has 1 aromatic heterocycles. The number of nitro groups is 2. The van der Waals surface area contributed by atoms with E-state index in [1.54, 1.807) is 10.4 Å². The highest BCUT2D eigenvalue weighted by molar-refractivity contribution is 8.13. The van der Waals surface area contributed by atoms with Gasteiger partial charge in [-0.25, -0.2) is 25.3 Å². The maximum absolute atomic E-state index is 12.9. The molecule has 6 aliphatic rings. The number of nitro benzene ring substituents is 2. The molecular weight excluding hydrogens is 1170 g/mol. The SMILES string of the molecule is C.C1CCN(C2CCNCC2)CC1.CC.NN.O=S(=O)(c1ccc2nnn(O)c2c1)N1CCC(N2CCCCC2)CC1.O=[N+]([O-])c1cc(S(=O)(=O)Cl)ccc1Cl.O=[N+]([O-])c1cc(S(=O)(=O)N2CCC(N3CCCCC3)CC2)ccc1Cl. The molecule has 6 fully saturated rings. The fourth-order valence-corrected chi connectivity index (χ4v) is 15.0. The molecule has 3 aromatic carbocycles. The van der Waals surface area contributed by atoms with Gasteiger partial charge in [0.15, 0.2) is 0 Å². The highest BCUT2D eigenvalue weighted by Gasteiger charge is 2.35. The summed E-state index contributed by atoms with van der Waals surface area (Å²) in [6.07, 6.45) is 17.9. The van der Waals surface area contributed by atoms with Gasteiger partial charge in [0, 0.05) is 67.1 Å². The molecule has 81 heavy (non-hydrogen) atoms. The summed E-state index contributed by atoms with van der Waals surface area (Å²) in [5.41, 5.74) is -0.117. The second-order valence-electron chi connectivity index (χ2n) is 19.8. The molecule has 7 heterocycles. The van der Waals surface area contributed by atoms with Crippen molar-refractivity contribution in [1.29, 1.82) is 0 Å². The van der Waals surface area contributed by atoms with Crippen LogP contribution >= 0.6 is 33.9 Å². The van der Waals surface area contributed by atoms with Gasteiger partial charge in [-0.3, -0.25) is 31.9 Å². The van der Waals surface area contributed by atoms with E-state index in [0.29, 0.717) is 54.1 Å². The van der Waals surface area contributed by atoms with E-state index in [1.165, 1.54) is 125 Å². The summed E-state index contributed by atoms with van der Waals surface area (Å²) in [6, 6.07) is 13.0. The molecule has 0 aliphatic carbocycles. The largest absolute Gasteiger partial charge is 0.410 e. The normalized spacial score (nSPS) is 19.7. The molecule has 6 saturated heterocycles. The van der Waals surface area contributed by atoms with Crippen molar-refractivity contribution in [3.63, 3.8) is 0 Å². The second kappa shape index (κ2) is 33.5. The molecule has 0 amide bonds. The number of nitrogens with two attached hydrogens (primary N) is 2. The van der Waals surface area contributed by atoms with E-state index < -0.39 is 44.6 Å². The van der Waals surface area contributed by atoms with E-state index >= 15 is 0 Å². The number of nitrogens with zero attached hydrogens (tertiary/aromatic N) is 10. The Labute approximate surface area is 492 Å². The monoisotopic (exact) mass is 1250 g/mol. The number of halogens is 3. The van der Waals surface area contributed by atoms with Gasteiger partial charge in [-0.1, -0.05) is 68.6 Å². The maximum atomic E-state index is 12.9. The van der Waals surface area contributed by atoms with Crippen molar-refractivity contribution in [2.24, 2.45) is 11.7 Å². The van der Waals surface area contributed by atoms with Crippen molar-refractivity contribution in [1.82, 2.24) is 43.8 Å². The van der Waals surface area contributed by atoms with Gasteiger partial charge >= 0.3 is 0 Å². The average Bonchev–Trinajstić information content (AvgIpc) is 3.89. The third-order valence-electron chi connectivity index (χ3n) is 15.1. The van der Waals surface area contributed by atoms with Crippen LogP contribution in [-0.2, 0) is 29.1 Å². The van der Waals surface area contributed by atoms with Crippen molar-refractivity contribution in [2.75, 3.05) is 78.5 Å². The lowest BCUT2D eigenvalue weighted by atomic mass is 10.0. The van der Waals surface area contributed by atoms with Crippen LogP contribution in [0.3, 0.4) is 0 Å². The molecule has 0 saturated carbocycles. The van der Waals surface area contributed by atoms with E-state index in [9.17, 15) is 50.7 Å². The van der Waals surface area contributed by atoms with E-state index in [0.717, 1.165) is 82.2 Å². The minimum atomic E-state index is -3.97. The predicted octanol–water partition coefficient (Wildman–Crippen LogP) is 8.08. The Hall–Kier alpha value is -3.94. The van der Waals surface area contributed by atoms with Crippen molar-refractivity contribution in [3.8, 4) is 0 Å². The van der Waals surface area contributed by atoms with Gasteiger partial charge in [-0.15, -0.1) is 5.10 Å². The minimum Gasteiger partial charge on any atom is -0.410 e. The summed E-state index contributed by atoms with van der Waals surface area (Å²) >= 11 is 11.2. The zero-order chi connectivity index (χ0) is 58.6. The molecule has 0 bridgehead atoms. The number of piperidine rings is 6. The van der Waals surface area contributed by atoms with Gasteiger partial charge in [0.2, 0.25) is 20.0 Å². The van der Waals surface area contributed by atoms with Gasteiger partial charge in [-0.05, 0) is 177 Å². The number of hydrogen-bond acceptors (Lipinski definition) is 19. The topological polar surface area (TPSA) is 320 Å². The molecule has 456 valence electrons. The van der Waals surface area contributed by atoms with Crippen LogP contribution in [0, 0.1) is 20.2 Å². The molecule has 30 heteroatoms. The highest BCUT2D eigenvalue weighted by atomic mass is 35.7. The lowest BCUT2D eigenvalue weighted by molar-refractivity contribution is -0.385. The van der Waals surface area contributed by atoms with Crippen molar-refractivity contribution >= 4 is 85.4 Å². The van der Waals surface area contributed by atoms with Crippen LogP contribution in [0.4, 0.5) is 11.4 Å². The first-order chi connectivity index (χ1) is 38.2. The molecule has 10 rings (SSSR count). The summed E-state index contributed by atoms with van der Waals surface area (Å²) in [6.45, 7) is 15.7. The van der Waals surface area contributed by atoms with E-state index in [2.05, 4.69) is 42.0 Å². The molecule has 6 N–H and O–H groups in total. The molecular formula is C51H82Cl3N13O11S3. The van der Waals surface area contributed by atoms with Crippen LogP contribution in [0.1, 0.15) is 118 Å². The Morgan fingerprint density at radius 1 is 0.556 bits per heavy atom. The summed E-state index contributed by atoms with van der Waals surface area (Å²) in [5, 5.41) is 41.5. The first-order valence-corrected chi connectivity index (χ1v) is 33.3. The Kier molecular flexibility index (Phi) is 28.8. The van der Waals surface area contributed by atoms with Crippen LogP contribution in [-0.4, -0.2) is 175 Å². The zero-order valence-corrected chi connectivity index (χ0v) is 50.3. The lowest BCUT2D eigenvalue weighted by Gasteiger charge is -2.39. The van der Waals surface area contributed by atoms with Crippen molar-refractivity contribution < 1.29 is 40.3 Å². The van der Waals surface area contributed by atoms with Gasteiger partial charge < -0.3 is 25.2 Å². The van der Waals surface area contributed by atoms with Gasteiger partial charge in [0.25, 0.3) is 20.4 Å². The number of rotatable bonds is 10. The Bertz CT molecular complexity index is 2930. The number of aromatic nitrogens is 3. The maximum Gasteiger partial charge on any atom is 0.289 e. The molecule has 4 aromatic rings. The average molecular weight is 1260 g/mol. The summed E-state index contributed by atoms with van der Waals surface area (Å²) in [5.74, 6) is 8.00. The van der Waals surface area contributed by atoms with Crippen molar-refractivity contribution in [2.45, 2.75) is 150 Å². The first kappa shape index (κ1) is 69.6. The third-order valence-corrected chi connectivity index (χ3v) is 20.8. The van der Waals surface area contributed by atoms with E-state index in [-0.39, 0.29) is 37.8 Å². The van der Waals surface area contributed by atoms with Crippen LogP contribution < -0.4 is 17.0 Å². The van der Waals surface area contributed by atoms with Crippen LogP contribution in [0.5, 0.6) is 0 Å². The number of sulfonamides is 2. The standard InChI is InChI=1S/C16H22ClN3O4S.C16H23N5O3S.C10H20N2.C6H3Cl2NO4S.C2H6.CH4.H4N2/c17-15-5-4-14(12-16(15)20(21)22)25(23,24)19-10-6-13(7-11-19)18-8-2-1-3-9-18;22-21-16-12-14(4-5-15(16)17-18-21)25(23,24)20-10-6-13(7-11-20)19-8-2-1-3-9-19;1-2-8-12(9-3-1)10-4-6-11-7-5-10;7-5-2-1-4(14(8,12)13)3-6(5)9(10)11;1-2;;1-2/h4-5,12-13H,1-3,6-11H2;4-5,12-13,22H,1-3,6-11H2;10-11H,1-9H2;1-3H;1-2H3;1H4;1-2H2. The van der Waals surface area contributed by atoms with Gasteiger partial charge in [-0.2, -0.15) is 8.61 Å². The number of likely N-dealkylation sites (tertiary alicyclic amines) is 3. The van der Waals surface area contributed by atoms with Gasteiger partial charge in [0.05, 0.1) is 24.5 Å². The van der Waals surface area contributed by atoms with Crippen molar-refractivity contribution in [3.05, 3.63) is 84.9 Å². The number of benzene rings is 3. The molecule has 0 atom stereocenters. The number of nitrogens with one attached hydrogen (secondary N) is 1. The fraction of sp³-hybridized carbons (Fsp3) is 0.647. The van der Waals surface area contributed by atoms with Crippen LogP contribution in [0.15, 0.2) is 69.3 Å². The quantitative estimate of drug-likeness (QED) is 0.0383. The van der Waals surface area contributed by atoms with E-state index in [1.807, 2.05) is 13.8 Å². The molecule has 0 radical (unpaired) electrons. The molecule has 24 nitrogen and oxygen atoms in total. The second-order valence-corrected chi connectivity index (χ2v) is 27.1. The third kappa shape index (κ3) is 19.6. The summed E-state index contributed by atoms with van der Waals surface area (Å²) < 4.78 is 76.1. The Balaban J connectivity index is 0.000000236. The predicted molar refractivity (Wildman–Crippen MR) is 316 cm³/mol. The van der Waals surface area contributed by atoms with Gasteiger partial charge in [0.1, 0.15) is 21.1 Å². The highest BCUT2D eigenvalue weighted by Crippen LogP contribution is 2.32. The molecule has 6 aliphatic heterocycles. The fourth-order valence-electron chi connectivity index (χ4n) is 10.8. The molecule has 0 spiro atoms. The van der Waals surface area contributed by atoms with Crippen LogP contribution in [0.25, 0.3) is 11.0 Å². The van der Waals surface area contributed by atoms with Crippen LogP contribution in [0.2, 0.25) is 10.0 Å². The smallest absolute Gasteiger partial charge is 0.289 e. The number of fused-ring (bicyclic) bond motifs is 1. The Morgan fingerprint density at radius 3 is 1.28 bits per heavy atom. The lowest BCUT2D eigenvalue weighted by Crippen LogP contribution is -2.48. The number of hydrazine groups is 1.